The van der Waals surface area contributed by atoms with E-state index in [9.17, 15) is 4.79 Å². The highest BCUT2D eigenvalue weighted by atomic mass is 35.5. The van der Waals surface area contributed by atoms with Crippen LogP contribution in [0.15, 0.2) is 48.5 Å². The third kappa shape index (κ3) is 2.90. The zero-order chi connectivity index (χ0) is 13.0. The van der Waals surface area contributed by atoms with E-state index >= 15 is 0 Å². The molecule has 0 bridgehead atoms. The Labute approximate surface area is 111 Å². The van der Waals surface area contributed by atoms with Crippen LogP contribution in [0.1, 0.15) is 11.1 Å². The molecule has 0 aliphatic rings. The second-order valence-electron chi connectivity index (χ2n) is 4.05. The highest BCUT2D eigenvalue weighted by Gasteiger charge is 2.08. The SMILES string of the molecule is O=C(O)Cc1ccc(-c2ccccc2)cc1CCl. The van der Waals surface area contributed by atoms with Crippen LogP contribution in [0.5, 0.6) is 0 Å². The average Bonchev–Trinajstić information content (AvgIpc) is 2.39. The Kier molecular flexibility index (Phi) is 4.00. The number of rotatable bonds is 4. The van der Waals surface area contributed by atoms with E-state index < -0.39 is 5.97 Å². The number of carbonyl (C=O) groups is 1. The van der Waals surface area contributed by atoms with Crippen molar-refractivity contribution in [3.8, 4) is 11.1 Å². The third-order valence-electron chi connectivity index (χ3n) is 2.80. The fourth-order valence-corrected chi connectivity index (χ4v) is 2.14. The molecule has 0 aromatic heterocycles. The van der Waals surface area contributed by atoms with Gasteiger partial charge in [0.05, 0.1) is 6.42 Å². The van der Waals surface area contributed by atoms with Gasteiger partial charge in [-0.25, -0.2) is 0 Å². The highest BCUT2D eigenvalue weighted by molar-refractivity contribution is 6.17. The lowest BCUT2D eigenvalue weighted by Gasteiger charge is -2.08. The summed E-state index contributed by atoms with van der Waals surface area (Å²) in [4.78, 5) is 10.7. The minimum atomic E-state index is -0.839. The largest absolute Gasteiger partial charge is 0.481 e. The molecule has 0 fully saturated rings. The second-order valence-corrected chi connectivity index (χ2v) is 4.32. The van der Waals surface area contributed by atoms with Crippen molar-refractivity contribution in [1.29, 1.82) is 0 Å². The Bertz CT molecular complexity index is 550. The Morgan fingerprint density at radius 1 is 1.00 bits per heavy atom. The van der Waals surface area contributed by atoms with Gasteiger partial charge in [-0.3, -0.25) is 4.79 Å². The minimum absolute atomic E-state index is 0.0110. The summed E-state index contributed by atoms with van der Waals surface area (Å²) in [5, 5.41) is 8.83. The number of carboxylic acid groups (broad SMARTS) is 1. The van der Waals surface area contributed by atoms with Gasteiger partial charge >= 0.3 is 5.97 Å². The molecule has 2 aromatic rings. The topological polar surface area (TPSA) is 37.3 Å². The average molecular weight is 261 g/mol. The maximum absolute atomic E-state index is 10.7. The lowest BCUT2D eigenvalue weighted by atomic mass is 9.98. The Hall–Kier alpha value is -1.80. The number of carboxylic acids is 1. The van der Waals surface area contributed by atoms with Crippen LogP contribution in [0.3, 0.4) is 0 Å². The summed E-state index contributed by atoms with van der Waals surface area (Å²) in [7, 11) is 0. The summed E-state index contributed by atoms with van der Waals surface area (Å²) < 4.78 is 0. The van der Waals surface area contributed by atoms with E-state index in [1.807, 2.05) is 48.5 Å². The van der Waals surface area contributed by atoms with Gasteiger partial charge in [-0.05, 0) is 28.3 Å². The van der Waals surface area contributed by atoms with Gasteiger partial charge in [0, 0.05) is 5.88 Å². The molecular weight excluding hydrogens is 248 g/mol. The quantitative estimate of drug-likeness (QED) is 0.851. The van der Waals surface area contributed by atoms with Gasteiger partial charge < -0.3 is 5.11 Å². The molecule has 0 radical (unpaired) electrons. The van der Waals surface area contributed by atoms with Crippen LogP contribution in [0.25, 0.3) is 11.1 Å². The van der Waals surface area contributed by atoms with E-state index in [4.69, 9.17) is 16.7 Å². The zero-order valence-electron chi connectivity index (χ0n) is 9.77. The van der Waals surface area contributed by atoms with Gasteiger partial charge in [0.2, 0.25) is 0 Å². The van der Waals surface area contributed by atoms with Crippen molar-refractivity contribution in [2.24, 2.45) is 0 Å². The Morgan fingerprint density at radius 3 is 2.33 bits per heavy atom. The van der Waals surface area contributed by atoms with Crippen molar-refractivity contribution in [2.75, 3.05) is 0 Å². The summed E-state index contributed by atoms with van der Waals surface area (Å²) in [5.74, 6) is -0.516. The molecular formula is C15H13ClO2. The predicted molar refractivity (Wildman–Crippen MR) is 72.8 cm³/mol. The van der Waals surface area contributed by atoms with Crippen molar-refractivity contribution in [1.82, 2.24) is 0 Å². The molecule has 1 N–H and O–H groups in total. The first kappa shape index (κ1) is 12.7. The van der Waals surface area contributed by atoms with E-state index in [1.54, 1.807) is 0 Å². The van der Waals surface area contributed by atoms with E-state index in [0.29, 0.717) is 5.88 Å². The number of hydrogen-bond donors (Lipinski definition) is 1. The molecule has 0 saturated heterocycles. The van der Waals surface area contributed by atoms with E-state index in [1.165, 1.54) is 0 Å². The predicted octanol–water partition coefficient (Wildman–Crippen LogP) is 3.72. The molecule has 0 aliphatic carbocycles. The summed E-state index contributed by atoms with van der Waals surface area (Å²) in [6.07, 6.45) is 0.0110. The van der Waals surface area contributed by atoms with Crippen LogP contribution in [0, 0.1) is 0 Å². The summed E-state index contributed by atoms with van der Waals surface area (Å²) in [5.41, 5.74) is 3.81. The molecule has 0 heterocycles. The number of hydrogen-bond acceptors (Lipinski definition) is 1. The van der Waals surface area contributed by atoms with Gasteiger partial charge in [-0.2, -0.15) is 0 Å². The van der Waals surface area contributed by atoms with E-state index in [0.717, 1.165) is 22.3 Å². The maximum atomic E-state index is 10.7. The lowest BCUT2D eigenvalue weighted by molar-refractivity contribution is -0.136. The van der Waals surface area contributed by atoms with Crippen LogP contribution in [-0.2, 0) is 17.1 Å². The van der Waals surface area contributed by atoms with Crippen molar-refractivity contribution >= 4 is 17.6 Å². The van der Waals surface area contributed by atoms with Crippen molar-refractivity contribution < 1.29 is 9.90 Å². The highest BCUT2D eigenvalue weighted by Crippen LogP contribution is 2.23. The molecule has 2 rings (SSSR count). The molecule has 3 heteroatoms. The summed E-state index contributed by atoms with van der Waals surface area (Å²) >= 11 is 5.88. The molecule has 0 aliphatic heterocycles. The standard InChI is InChI=1S/C15H13ClO2/c16-10-14-8-12(11-4-2-1-3-5-11)6-7-13(14)9-15(17)18/h1-8H,9-10H2,(H,17,18). The molecule has 2 aromatic carbocycles. The van der Waals surface area contributed by atoms with Crippen molar-refractivity contribution in [3.05, 3.63) is 59.7 Å². The molecule has 0 spiro atoms. The summed E-state index contributed by atoms with van der Waals surface area (Å²) in [6.45, 7) is 0. The van der Waals surface area contributed by atoms with Crippen LogP contribution in [-0.4, -0.2) is 11.1 Å². The molecule has 0 amide bonds. The first-order valence-electron chi connectivity index (χ1n) is 5.65. The van der Waals surface area contributed by atoms with Crippen LogP contribution in [0.2, 0.25) is 0 Å². The fourth-order valence-electron chi connectivity index (χ4n) is 1.90. The Morgan fingerprint density at radius 2 is 1.72 bits per heavy atom. The van der Waals surface area contributed by atoms with Crippen molar-refractivity contribution in [3.63, 3.8) is 0 Å². The van der Waals surface area contributed by atoms with Gasteiger partial charge in [0.15, 0.2) is 0 Å². The fraction of sp³-hybridized carbons (Fsp3) is 0.133. The van der Waals surface area contributed by atoms with Crippen molar-refractivity contribution in [2.45, 2.75) is 12.3 Å². The molecule has 0 unspecified atom stereocenters. The normalized spacial score (nSPS) is 10.3. The smallest absolute Gasteiger partial charge is 0.307 e. The van der Waals surface area contributed by atoms with E-state index in [2.05, 4.69) is 0 Å². The van der Waals surface area contributed by atoms with Gasteiger partial charge in [-0.1, -0.05) is 42.5 Å². The molecule has 92 valence electrons. The monoisotopic (exact) mass is 260 g/mol. The van der Waals surface area contributed by atoms with Gasteiger partial charge in [-0.15, -0.1) is 11.6 Å². The van der Waals surface area contributed by atoms with Crippen LogP contribution < -0.4 is 0 Å². The molecule has 18 heavy (non-hydrogen) atoms. The van der Waals surface area contributed by atoms with Crippen LogP contribution >= 0.6 is 11.6 Å². The third-order valence-corrected chi connectivity index (χ3v) is 3.09. The van der Waals surface area contributed by atoms with Gasteiger partial charge in [0.25, 0.3) is 0 Å². The van der Waals surface area contributed by atoms with Crippen LogP contribution in [0.4, 0.5) is 0 Å². The molecule has 2 nitrogen and oxygen atoms in total. The van der Waals surface area contributed by atoms with E-state index in [-0.39, 0.29) is 6.42 Å². The number of halogens is 1. The number of alkyl halides is 1. The first-order chi connectivity index (χ1) is 8.70. The second kappa shape index (κ2) is 5.69. The number of benzene rings is 2. The van der Waals surface area contributed by atoms with Gasteiger partial charge in [0.1, 0.15) is 0 Å². The maximum Gasteiger partial charge on any atom is 0.307 e. The first-order valence-corrected chi connectivity index (χ1v) is 6.19. The number of aliphatic carboxylic acids is 1. The molecule has 0 atom stereocenters. The Balaban J connectivity index is 2.39. The zero-order valence-corrected chi connectivity index (χ0v) is 10.5. The lowest BCUT2D eigenvalue weighted by Crippen LogP contribution is -2.03. The molecule has 0 saturated carbocycles. The minimum Gasteiger partial charge on any atom is -0.481 e. The summed E-state index contributed by atoms with van der Waals surface area (Å²) in [6, 6.07) is 15.7.